The third-order valence-corrected chi connectivity index (χ3v) is 4.03. The number of aromatic nitrogens is 4. The van der Waals surface area contributed by atoms with Crippen LogP contribution in [-0.2, 0) is 12.8 Å². The molecular formula is C14H12Cl2N4. The van der Waals surface area contributed by atoms with E-state index in [0.29, 0.717) is 5.15 Å². The maximum Gasteiger partial charge on any atom is 0.129 e. The molecule has 6 heteroatoms. The molecule has 0 spiro atoms. The summed E-state index contributed by atoms with van der Waals surface area (Å²) in [5, 5.41) is 8.77. The lowest BCUT2D eigenvalue weighted by Crippen LogP contribution is -2.07. The molecule has 3 heterocycles. The van der Waals surface area contributed by atoms with Crippen molar-refractivity contribution in [1.29, 1.82) is 0 Å². The normalized spacial score (nSPS) is 12.7. The van der Waals surface area contributed by atoms with Gasteiger partial charge in [0.2, 0.25) is 0 Å². The van der Waals surface area contributed by atoms with Crippen LogP contribution in [0.1, 0.15) is 16.8 Å². The first-order valence-corrected chi connectivity index (χ1v) is 6.59. The summed E-state index contributed by atoms with van der Waals surface area (Å²) in [6, 6.07) is 1.89. The van der Waals surface area contributed by atoms with Crippen LogP contribution in [0.5, 0.6) is 0 Å². The van der Waals surface area contributed by atoms with E-state index in [4.69, 9.17) is 16.6 Å². The first-order chi connectivity index (χ1) is 9.24. The molecule has 4 nitrogen and oxygen atoms in total. The average Bonchev–Trinajstić information content (AvgIpc) is 2.88. The van der Waals surface area contributed by atoms with Crippen LogP contribution in [0.25, 0.3) is 22.2 Å². The smallest absolute Gasteiger partial charge is 0.129 e. The number of pyridine rings is 2. The fourth-order valence-corrected chi connectivity index (χ4v) is 2.98. The van der Waals surface area contributed by atoms with E-state index in [1.165, 1.54) is 16.8 Å². The second kappa shape index (κ2) is 4.72. The molecule has 0 aromatic carbocycles. The van der Waals surface area contributed by atoms with E-state index in [1.54, 1.807) is 6.20 Å². The molecule has 0 radical (unpaired) electrons. The van der Waals surface area contributed by atoms with E-state index >= 15 is 0 Å². The van der Waals surface area contributed by atoms with Crippen LogP contribution in [-0.4, -0.2) is 20.2 Å². The molecule has 0 amide bonds. The van der Waals surface area contributed by atoms with Crippen LogP contribution in [0.4, 0.5) is 0 Å². The number of H-pyrrole nitrogens is 1. The lowest BCUT2D eigenvalue weighted by Gasteiger charge is -2.18. The second-order valence-electron chi connectivity index (χ2n) is 4.85. The van der Waals surface area contributed by atoms with Gasteiger partial charge < -0.3 is 0 Å². The van der Waals surface area contributed by atoms with Crippen LogP contribution in [0.2, 0.25) is 5.15 Å². The van der Waals surface area contributed by atoms with Crippen molar-refractivity contribution in [2.24, 2.45) is 0 Å². The maximum atomic E-state index is 5.98. The Labute approximate surface area is 127 Å². The van der Waals surface area contributed by atoms with Gasteiger partial charge in [0, 0.05) is 16.6 Å². The van der Waals surface area contributed by atoms with Gasteiger partial charge in [0.25, 0.3) is 0 Å². The van der Waals surface area contributed by atoms with Gasteiger partial charge in [0.15, 0.2) is 0 Å². The van der Waals surface area contributed by atoms with E-state index < -0.39 is 0 Å². The molecule has 102 valence electrons. The zero-order chi connectivity index (χ0) is 13.0. The molecule has 0 bridgehead atoms. The first kappa shape index (κ1) is 13.3. The highest BCUT2D eigenvalue weighted by Crippen LogP contribution is 2.35. The lowest BCUT2D eigenvalue weighted by molar-refractivity contribution is 0.871. The van der Waals surface area contributed by atoms with Crippen molar-refractivity contribution in [2.45, 2.75) is 19.8 Å². The predicted molar refractivity (Wildman–Crippen MR) is 81.5 cm³/mol. The maximum absolute atomic E-state index is 5.98. The summed E-state index contributed by atoms with van der Waals surface area (Å²) in [6.45, 7) is 2.13. The molecule has 4 rings (SSSR count). The molecule has 0 unspecified atom stereocenters. The molecule has 1 N–H and O–H groups in total. The van der Waals surface area contributed by atoms with Gasteiger partial charge in [-0.05, 0) is 37.0 Å². The first-order valence-electron chi connectivity index (χ1n) is 6.21. The number of aryl methyl sites for hydroxylation is 2. The average molecular weight is 307 g/mol. The second-order valence-corrected chi connectivity index (χ2v) is 5.24. The fraction of sp³-hybridized carbons (Fsp3) is 0.214. The minimum absolute atomic E-state index is 0. The van der Waals surface area contributed by atoms with E-state index in [-0.39, 0.29) is 12.4 Å². The summed E-state index contributed by atoms with van der Waals surface area (Å²) in [4.78, 5) is 8.87. The molecule has 0 fully saturated rings. The van der Waals surface area contributed by atoms with Crippen molar-refractivity contribution in [2.75, 3.05) is 0 Å². The van der Waals surface area contributed by atoms with Crippen molar-refractivity contribution in [3.8, 4) is 11.3 Å². The highest BCUT2D eigenvalue weighted by Gasteiger charge is 2.22. The number of fused-ring (bicyclic) bond motifs is 4. The van der Waals surface area contributed by atoms with Crippen LogP contribution >= 0.6 is 24.0 Å². The SMILES string of the molecule is Cc1c2c(nc3cnc(Cl)cc13)-c1cn[nH]c1CC2.Cl. The molecule has 0 atom stereocenters. The molecular weight excluding hydrogens is 295 g/mol. The van der Waals surface area contributed by atoms with Gasteiger partial charge in [-0.3, -0.25) is 5.10 Å². The number of hydrogen-bond acceptors (Lipinski definition) is 3. The van der Waals surface area contributed by atoms with Gasteiger partial charge in [-0.25, -0.2) is 9.97 Å². The monoisotopic (exact) mass is 306 g/mol. The zero-order valence-electron chi connectivity index (χ0n) is 10.8. The Hall–Kier alpha value is -1.65. The van der Waals surface area contributed by atoms with Crippen LogP contribution < -0.4 is 0 Å². The molecule has 3 aromatic rings. The highest BCUT2D eigenvalue weighted by molar-refractivity contribution is 6.30. The van der Waals surface area contributed by atoms with Crippen LogP contribution in [0.3, 0.4) is 0 Å². The molecule has 0 aliphatic heterocycles. The number of nitrogens with zero attached hydrogens (tertiary/aromatic N) is 3. The van der Waals surface area contributed by atoms with Crippen molar-refractivity contribution in [1.82, 2.24) is 20.2 Å². The Balaban J connectivity index is 0.00000121. The van der Waals surface area contributed by atoms with Crippen molar-refractivity contribution >= 4 is 34.9 Å². The summed E-state index contributed by atoms with van der Waals surface area (Å²) < 4.78 is 0. The summed E-state index contributed by atoms with van der Waals surface area (Å²) in [5.74, 6) is 0. The Kier molecular flexibility index (Phi) is 3.15. The largest absolute Gasteiger partial charge is 0.282 e. The highest BCUT2D eigenvalue weighted by atomic mass is 35.5. The summed E-state index contributed by atoms with van der Waals surface area (Å²) >= 11 is 5.98. The van der Waals surface area contributed by atoms with Gasteiger partial charge >= 0.3 is 0 Å². The minimum Gasteiger partial charge on any atom is -0.282 e. The number of hydrogen-bond donors (Lipinski definition) is 1. The third kappa shape index (κ3) is 1.79. The van der Waals surface area contributed by atoms with Crippen molar-refractivity contribution in [3.63, 3.8) is 0 Å². The van der Waals surface area contributed by atoms with E-state index in [1.807, 2.05) is 12.3 Å². The van der Waals surface area contributed by atoms with E-state index in [0.717, 1.165) is 35.0 Å². The summed E-state index contributed by atoms with van der Waals surface area (Å²) in [6.07, 6.45) is 5.56. The third-order valence-electron chi connectivity index (χ3n) is 3.82. The Morgan fingerprint density at radius 2 is 2.10 bits per heavy atom. The predicted octanol–water partition coefficient (Wildman–Crippen LogP) is 3.50. The Morgan fingerprint density at radius 1 is 1.25 bits per heavy atom. The van der Waals surface area contributed by atoms with Gasteiger partial charge in [0.05, 0.1) is 23.6 Å². The lowest BCUT2D eigenvalue weighted by atomic mass is 9.89. The van der Waals surface area contributed by atoms with Crippen LogP contribution in [0.15, 0.2) is 18.5 Å². The van der Waals surface area contributed by atoms with Crippen molar-refractivity contribution < 1.29 is 0 Å². The Bertz CT molecular complexity index is 810. The molecule has 20 heavy (non-hydrogen) atoms. The fourth-order valence-electron chi connectivity index (χ4n) is 2.83. The summed E-state index contributed by atoms with van der Waals surface area (Å²) in [7, 11) is 0. The van der Waals surface area contributed by atoms with Crippen molar-refractivity contribution in [3.05, 3.63) is 40.4 Å². The Morgan fingerprint density at radius 3 is 2.95 bits per heavy atom. The topological polar surface area (TPSA) is 54.5 Å². The van der Waals surface area contributed by atoms with Gasteiger partial charge in [-0.1, -0.05) is 11.6 Å². The van der Waals surface area contributed by atoms with E-state index in [9.17, 15) is 0 Å². The van der Waals surface area contributed by atoms with Crippen LogP contribution in [0, 0.1) is 6.92 Å². The van der Waals surface area contributed by atoms with Gasteiger partial charge in [-0.2, -0.15) is 5.10 Å². The standard InChI is InChI=1S/C14H11ClN4.ClH/c1-7-8-2-3-11-10(5-17-19-11)14(8)18-12-6-16-13(15)4-9(7)12;/h4-6H,2-3H2,1H3,(H,17,19);1H. The number of rotatable bonds is 0. The van der Waals surface area contributed by atoms with Gasteiger partial charge in [0.1, 0.15) is 5.15 Å². The summed E-state index contributed by atoms with van der Waals surface area (Å²) in [5.41, 5.74) is 6.74. The zero-order valence-corrected chi connectivity index (χ0v) is 12.3. The number of aromatic amines is 1. The minimum atomic E-state index is 0. The van der Waals surface area contributed by atoms with E-state index in [2.05, 4.69) is 22.1 Å². The van der Waals surface area contributed by atoms with Gasteiger partial charge in [-0.15, -0.1) is 12.4 Å². The molecule has 1 aliphatic carbocycles. The number of halogens is 2. The molecule has 3 aromatic heterocycles. The number of nitrogens with one attached hydrogen (secondary N) is 1. The molecule has 0 saturated carbocycles. The quantitative estimate of drug-likeness (QED) is 0.647. The molecule has 0 saturated heterocycles. The molecule has 1 aliphatic rings.